The van der Waals surface area contributed by atoms with E-state index in [-0.39, 0.29) is 28.3 Å². The van der Waals surface area contributed by atoms with Gasteiger partial charge in [0.2, 0.25) is 0 Å². The molecule has 6 heteroatoms. The lowest BCUT2D eigenvalue weighted by atomic mass is 10.1. The van der Waals surface area contributed by atoms with Gasteiger partial charge in [-0.25, -0.2) is 4.39 Å². The van der Waals surface area contributed by atoms with Crippen LogP contribution in [-0.2, 0) is 0 Å². The average molecular weight is 312 g/mol. The Morgan fingerprint density at radius 3 is 2.85 bits per heavy atom. The molecule has 1 amide bonds. The first-order valence-corrected chi connectivity index (χ1v) is 7.33. The number of phenolic OH excluding ortho intramolecular Hbond substituents is 1. The molecule has 3 rings (SSSR count). The summed E-state index contributed by atoms with van der Waals surface area (Å²) in [5, 5.41) is 12.3. The molecule has 104 valence electrons. The number of carbonyl (C=O) groups is 1. The van der Waals surface area contributed by atoms with Crippen molar-refractivity contribution in [1.29, 1.82) is 0 Å². The fraction of sp³-hybridized carbons (Fsp3) is 0.214. The highest BCUT2D eigenvalue weighted by Gasteiger charge is 2.24. The average Bonchev–Trinajstić information content (AvgIpc) is 3.07. The molecule has 1 fully saturated rings. The van der Waals surface area contributed by atoms with Crippen molar-refractivity contribution in [3.63, 3.8) is 0 Å². The molecule has 1 heterocycles. The van der Waals surface area contributed by atoms with Gasteiger partial charge in [-0.2, -0.15) is 0 Å². The molecule has 1 aliphatic rings. The highest BCUT2D eigenvalue weighted by molar-refractivity contribution is 7.17. The number of benzene rings is 1. The van der Waals surface area contributed by atoms with Crippen LogP contribution < -0.4 is 5.32 Å². The third kappa shape index (κ3) is 2.64. The van der Waals surface area contributed by atoms with Crippen LogP contribution in [0.25, 0.3) is 10.4 Å². The van der Waals surface area contributed by atoms with Gasteiger partial charge in [0.05, 0.1) is 9.90 Å². The molecule has 1 aliphatic carbocycles. The Hall–Kier alpha value is -1.59. The third-order valence-electron chi connectivity index (χ3n) is 3.04. The molecule has 0 atom stereocenters. The van der Waals surface area contributed by atoms with Gasteiger partial charge in [-0.05, 0) is 31.0 Å². The molecule has 0 aliphatic heterocycles. The molecule has 0 saturated heterocycles. The SMILES string of the molecule is O=C(NC1CC1)c1ccc(-c2cc(Cl)c(O)cc2F)s1. The second kappa shape index (κ2) is 5.07. The van der Waals surface area contributed by atoms with Crippen LogP contribution in [0.4, 0.5) is 4.39 Å². The van der Waals surface area contributed by atoms with Crippen molar-refractivity contribution >= 4 is 28.8 Å². The van der Waals surface area contributed by atoms with Crippen molar-refractivity contribution in [1.82, 2.24) is 5.32 Å². The maximum Gasteiger partial charge on any atom is 0.261 e. The molecule has 1 aromatic heterocycles. The molecular weight excluding hydrogens is 301 g/mol. The highest BCUT2D eigenvalue weighted by Crippen LogP contribution is 2.35. The first kappa shape index (κ1) is 13.4. The molecule has 0 unspecified atom stereocenters. The summed E-state index contributed by atoms with van der Waals surface area (Å²) >= 11 is 6.99. The smallest absolute Gasteiger partial charge is 0.261 e. The lowest BCUT2D eigenvalue weighted by Crippen LogP contribution is -2.24. The molecular formula is C14H11ClFNO2S. The summed E-state index contributed by atoms with van der Waals surface area (Å²) in [5.74, 6) is -0.992. The molecule has 3 nitrogen and oxygen atoms in total. The number of phenols is 1. The van der Waals surface area contributed by atoms with Gasteiger partial charge in [0.25, 0.3) is 5.91 Å². The van der Waals surface area contributed by atoms with Gasteiger partial charge in [-0.15, -0.1) is 11.3 Å². The van der Waals surface area contributed by atoms with Crippen LogP contribution in [0.3, 0.4) is 0 Å². The van der Waals surface area contributed by atoms with Crippen LogP contribution in [-0.4, -0.2) is 17.1 Å². The summed E-state index contributed by atoms with van der Waals surface area (Å²) in [6.07, 6.45) is 2.04. The van der Waals surface area contributed by atoms with Crippen molar-refractivity contribution in [2.24, 2.45) is 0 Å². The first-order chi connectivity index (χ1) is 9.54. The van der Waals surface area contributed by atoms with E-state index in [0.717, 1.165) is 18.9 Å². The van der Waals surface area contributed by atoms with Gasteiger partial charge in [-0.3, -0.25) is 4.79 Å². The van der Waals surface area contributed by atoms with Crippen LogP contribution >= 0.6 is 22.9 Å². The van der Waals surface area contributed by atoms with Gasteiger partial charge in [0.15, 0.2) is 0 Å². The van der Waals surface area contributed by atoms with E-state index in [9.17, 15) is 14.3 Å². The molecule has 2 aromatic rings. The minimum absolute atomic E-state index is 0.0822. The van der Waals surface area contributed by atoms with Crippen molar-refractivity contribution < 1.29 is 14.3 Å². The van der Waals surface area contributed by atoms with E-state index in [4.69, 9.17) is 11.6 Å². The van der Waals surface area contributed by atoms with E-state index < -0.39 is 5.82 Å². The standard InChI is InChI=1S/C14H11ClFNO2S/c15-9-5-8(10(16)6-11(9)18)12-3-4-13(20-12)14(19)17-7-1-2-7/h3-7,18H,1-2H2,(H,17,19). The summed E-state index contributed by atoms with van der Waals surface area (Å²) in [6.45, 7) is 0. The monoisotopic (exact) mass is 311 g/mol. The number of thiophene rings is 1. The van der Waals surface area contributed by atoms with Gasteiger partial charge in [-0.1, -0.05) is 11.6 Å². The second-order valence-electron chi connectivity index (χ2n) is 4.70. The Morgan fingerprint density at radius 1 is 1.40 bits per heavy atom. The van der Waals surface area contributed by atoms with E-state index in [2.05, 4.69) is 5.32 Å². The van der Waals surface area contributed by atoms with Crippen LogP contribution in [0, 0.1) is 5.82 Å². The zero-order chi connectivity index (χ0) is 14.3. The van der Waals surface area contributed by atoms with Crippen LogP contribution in [0.5, 0.6) is 5.75 Å². The molecule has 1 saturated carbocycles. The Morgan fingerprint density at radius 2 is 2.15 bits per heavy atom. The van der Waals surface area contributed by atoms with Crippen LogP contribution in [0.1, 0.15) is 22.5 Å². The van der Waals surface area contributed by atoms with Crippen molar-refractivity contribution in [2.45, 2.75) is 18.9 Å². The summed E-state index contributed by atoms with van der Waals surface area (Å²) in [6, 6.07) is 5.96. The quantitative estimate of drug-likeness (QED) is 0.905. The zero-order valence-electron chi connectivity index (χ0n) is 10.3. The summed E-state index contributed by atoms with van der Waals surface area (Å²) in [4.78, 5) is 13.0. The Bertz CT molecular complexity index is 682. The van der Waals surface area contributed by atoms with Gasteiger partial charge in [0, 0.05) is 22.5 Å². The Labute approximate surface area is 124 Å². The van der Waals surface area contributed by atoms with Crippen LogP contribution in [0.2, 0.25) is 5.02 Å². The van der Waals surface area contributed by atoms with E-state index in [1.807, 2.05) is 0 Å². The number of hydrogen-bond acceptors (Lipinski definition) is 3. The maximum atomic E-state index is 13.8. The molecule has 0 spiro atoms. The van der Waals surface area contributed by atoms with Crippen molar-refractivity contribution in [3.8, 4) is 16.2 Å². The third-order valence-corrected chi connectivity index (χ3v) is 4.46. The molecule has 0 bridgehead atoms. The van der Waals surface area contributed by atoms with Gasteiger partial charge >= 0.3 is 0 Å². The van der Waals surface area contributed by atoms with Gasteiger partial charge < -0.3 is 10.4 Å². The number of halogens is 2. The normalized spacial score (nSPS) is 14.3. The number of nitrogens with one attached hydrogen (secondary N) is 1. The number of hydrogen-bond donors (Lipinski definition) is 2. The Kier molecular flexibility index (Phi) is 3.40. The maximum absolute atomic E-state index is 13.8. The molecule has 20 heavy (non-hydrogen) atoms. The zero-order valence-corrected chi connectivity index (χ0v) is 11.9. The number of aromatic hydroxyl groups is 1. The highest BCUT2D eigenvalue weighted by atomic mass is 35.5. The number of carbonyl (C=O) groups excluding carboxylic acids is 1. The number of amides is 1. The van der Waals surface area contributed by atoms with E-state index >= 15 is 0 Å². The van der Waals surface area contributed by atoms with E-state index in [1.165, 1.54) is 17.4 Å². The first-order valence-electron chi connectivity index (χ1n) is 6.13. The number of rotatable bonds is 3. The minimum atomic E-state index is -0.567. The lowest BCUT2D eigenvalue weighted by Gasteiger charge is -2.03. The largest absolute Gasteiger partial charge is 0.506 e. The Balaban J connectivity index is 1.89. The molecule has 0 radical (unpaired) electrons. The predicted molar refractivity (Wildman–Crippen MR) is 76.9 cm³/mol. The van der Waals surface area contributed by atoms with E-state index in [1.54, 1.807) is 12.1 Å². The molecule has 1 aromatic carbocycles. The predicted octanol–water partition coefficient (Wildman–Crippen LogP) is 3.81. The summed E-state index contributed by atoms with van der Waals surface area (Å²) in [7, 11) is 0. The topological polar surface area (TPSA) is 49.3 Å². The van der Waals surface area contributed by atoms with E-state index in [0.29, 0.717) is 9.75 Å². The van der Waals surface area contributed by atoms with Gasteiger partial charge in [0.1, 0.15) is 11.6 Å². The molecule has 2 N–H and O–H groups in total. The fourth-order valence-corrected chi connectivity index (χ4v) is 2.90. The summed E-state index contributed by atoms with van der Waals surface area (Å²) < 4.78 is 13.8. The second-order valence-corrected chi connectivity index (χ2v) is 6.19. The fourth-order valence-electron chi connectivity index (χ4n) is 1.81. The summed E-state index contributed by atoms with van der Waals surface area (Å²) in [5.41, 5.74) is 0.281. The van der Waals surface area contributed by atoms with Crippen molar-refractivity contribution in [3.05, 3.63) is 40.0 Å². The van der Waals surface area contributed by atoms with Crippen LogP contribution in [0.15, 0.2) is 24.3 Å². The van der Waals surface area contributed by atoms with Crippen molar-refractivity contribution in [2.75, 3.05) is 0 Å². The minimum Gasteiger partial charge on any atom is -0.506 e. The lowest BCUT2D eigenvalue weighted by molar-refractivity contribution is 0.0955.